The zero-order chi connectivity index (χ0) is 11.8. The molecule has 1 aromatic carbocycles. The lowest BCUT2D eigenvalue weighted by molar-refractivity contribution is 0.422. The number of benzene rings is 1. The normalized spacial score (nSPS) is 19.5. The molecule has 0 aliphatic heterocycles. The lowest BCUT2D eigenvalue weighted by Crippen LogP contribution is -2.13. The monoisotopic (exact) mass is 227 g/mol. The summed E-state index contributed by atoms with van der Waals surface area (Å²) < 4.78 is 0. The molecule has 1 heteroatoms. The molecule has 0 spiro atoms. The van der Waals surface area contributed by atoms with Crippen LogP contribution in [0.25, 0.3) is 10.9 Å². The van der Waals surface area contributed by atoms with Gasteiger partial charge >= 0.3 is 0 Å². The summed E-state index contributed by atoms with van der Waals surface area (Å²) in [5.74, 6) is 0.909. The molecule has 17 heavy (non-hydrogen) atoms. The van der Waals surface area contributed by atoms with Gasteiger partial charge in [-0.2, -0.15) is 0 Å². The summed E-state index contributed by atoms with van der Waals surface area (Å²) in [5, 5.41) is 1.47. The number of para-hydroxylation sites is 1. The first-order chi connectivity index (χ1) is 8.29. The number of hydrogen-bond acceptors (Lipinski definition) is 0. The van der Waals surface area contributed by atoms with Crippen molar-refractivity contribution in [2.75, 3.05) is 0 Å². The number of aromatic amines is 1. The van der Waals surface area contributed by atoms with Crippen molar-refractivity contribution in [2.45, 2.75) is 46.0 Å². The van der Waals surface area contributed by atoms with Crippen molar-refractivity contribution in [1.82, 2.24) is 4.98 Å². The number of nitrogens with one attached hydrogen (secondary N) is 1. The van der Waals surface area contributed by atoms with Crippen molar-refractivity contribution >= 4 is 10.9 Å². The number of rotatable bonds is 2. The van der Waals surface area contributed by atoms with Gasteiger partial charge in [-0.1, -0.05) is 38.0 Å². The Hall–Kier alpha value is -1.24. The largest absolute Gasteiger partial charge is 0.358 e. The Morgan fingerprint density at radius 2 is 2.24 bits per heavy atom. The quantitative estimate of drug-likeness (QED) is 0.783. The lowest BCUT2D eigenvalue weighted by Gasteiger charge is -2.21. The molecule has 0 saturated carbocycles. The molecular formula is C16H21N. The molecule has 90 valence electrons. The molecule has 1 aliphatic carbocycles. The number of aromatic nitrogens is 1. The molecular weight excluding hydrogens is 206 g/mol. The van der Waals surface area contributed by atoms with E-state index in [9.17, 15) is 0 Å². The van der Waals surface area contributed by atoms with Gasteiger partial charge in [-0.3, -0.25) is 0 Å². The predicted molar refractivity (Wildman–Crippen MR) is 73.5 cm³/mol. The maximum absolute atomic E-state index is 3.65. The van der Waals surface area contributed by atoms with E-state index < -0.39 is 0 Å². The van der Waals surface area contributed by atoms with Crippen LogP contribution < -0.4 is 0 Å². The van der Waals surface area contributed by atoms with Crippen LogP contribution in [0.4, 0.5) is 0 Å². The fraction of sp³-hybridized carbons (Fsp3) is 0.500. The van der Waals surface area contributed by atoms with Crippen LogP contribution in [0.2, 0.25) is 0 Å². The summed E-state index contributed by atoms with van der Waals surface area (Å²) in [6, 6.07) is 6.68. The van der Waals surface area contributed by atoms with Crippen LogP contribution in [0, 0.1) is 12.8 Å². The molecule has 2 aromatic rings. The van der Waals surface area contributed by atoms with Gasteiger partial charge in [0.1, 0.15) is 0 Å². The van der Waals surface area contributed by atoms with E-state index in [0.717, 1.165) is 5.92 Å². The maximum atomic E-state index is 3.65. The SMILES string of the molecule is CCCC1CCc2[nH]c3c(C)cccc3c2C1. The van der Waals surface area contributed by atoms with E-state index in [4.69, 9.17) is 0 Å². The van der Waals surface area contributed by atoms with E-state index in [2.05, 4.69) is 37.0 Å². The first-order valence-electron chi connectivity index (χ1n) is 6.88. The highest BCUT2D eigenvalue weighted by molar-refractivity contribution is 5.87. The zero-order valence-electron chi connectivity index (χ0n) is 10.8. The summed E-state index contributed by atoms with van der Waals surface area (Å²) in [7, 11) is 0. The second-order valence-electron chi connectivity index (χ2n) is 5.48. The molecule has 0 fully saturated rings. The Labute approximate surface area is 103 Å². The molecule has 0 bridgehead atoms. The van der Waals surface area contributed by atoms with Gasteiger partial charge in [0.2, 0.25) is 0 Å². The van der Waals surface area contributed by atoms with E-state index >= 15 is 0 Å². The summed E-state index contributed by atoms with van der Waals surface area (Å²) in [5.41, 5.74) is 5.86. The van der Waals surface area contributed by atoms with Crippen LogP contribution in [0.5, 0.6) is 0 Å². The van der Waals surface area contributed by atoms with E-state index in [1.807, 2.05) is 0 Å². The third kappa shape index (κ3) is 1.78. The Morgan fingerprint density at radius 1 is 1.35 bits per heavy atom. The molecule has 1 aromatic heterocycles. The first kappa shape index (κ1) is 10.9. The average molecular weight is 227 g/mol. The summed E-state index contributed by atoms with van der Waals surface area (Å²) >= 11 is 0. The van der Waals surface area contributed by atoms with Gasteiger partial charge in [0.15, 0.2) is 0 Å². The smallest absolute Gasteiger partial charge is 0.0488 e. The van der Waals surface area contributed by atoms with Crippen molar-refractivity contribution in [3.63, 3.8) is 0 Å². The van der Waals surface area contributed by atoms with Gasteiger partial charge in [-0.05, 0) is 43.2 Å². The Bertz CT molecular complexity index is 536. The van der Waals surface area contributed by atoms with Crippen molar-refractivity contribution < 1.29 is 0 Å². The topological polar surface area (TPSA) is 15.8 Å². The van der Waals surface area contributed by atoms with Crippen LogP contribution in [0.15, 0.2) is 18.2 Å². The minimum absolute atomic E-state index is 0.909. The number of hydrogen-bond donors (Lipinski definition) is 1. The van der Waals surface area contributed by atoms with E-state index in [-0.39, 0.29) is 0 Å². The number of aryl methyl sites for hydroxylation is 2. The standard InChI is InChI=1S/C16H21N/c1-3-5-12-8-9-15-14(10-12)13-7-4-6-11(2)16(13)17-15/h4,6-7,12,17H,3,5,8-10H2,1-2H3. The molecule has 1 unspecified atom stereocenters. The van der Waals surface area contributed by atoms with Gasteiger partial charge in [0.25, 0.3) is 0 Å². The molecule has 1 heterocycles. The van der Waals surface area contributed by atoms with Crippen molar-refractivity contribution in [2.24, 2.45) is 5.92 Å². The van der Waals surface area contributed by atoms with Crippen LogP contribution in [-0.4, -0.2) is 4.98 Å². The van der Waals surface area contributed by atoms with Crippen LogP contribution in [-0.2, 0) is 12.8 Å². The molecule has 0 saturated heterocycles. The molecule has 1 nitrogen and oxygen atoms in total. The third-order valence-electron chi connectivity index (χ3n) is 4.23. The lowest BCUT2D eigenvalue weighted by atomic mass is 9.84. The molecule has 1 N–H and O–H groups in total. The van der Waals surface area contributed by atoms with E-state index in [0.29, 0.717) is 0 Å². The van der Waals surface area contributed by atoms with Gasteiger partial charge in [-0.15, -0.1) is 0 Å². The highest BCUT2D eigenvalue weighted by Gasteiger charge is 2.22. The second kappa shape index (κ2) is 4.21. The summed E-state index contributed by atoms with van der Waals surface area (Å²) in [6.45, 7) is 4.50. The number of fused-ring (bicyclic) bond motifs is 3. The predicted octanol–water partition coefficient (Wildman–Crippen LogP) is 4.38. The zero-order valence-corrected chi connectivity index (χ0v) is 10.8. The number of H-pyrrole nitrogens is 1. The third-order valence-corrected chi connectivity index (χ3v) is 4.23. The van der Waals surface area contributed by atoms with Gasteiger partial charge in [0.05, 0.1) is 0 Å². The van der Waals surface area contributed by atoms with E-state index in [1.54, 1.807) is 5.56 Å². The average Bonchev–Trinajstić information content (AvgIpc) is 2.70. The van der Waals surface area contributed by atoms with Crippen molar-refractivity contribution in [1.29, 1.82) is 0 Å². The molecule has 1 atom stereocenters. The van der Waals surface area contributed by atoms with Gasteiger partial charge < -0.3 is 4.98 Å². The Kier molecular flexibility index (Phi) is 2.70. The fourth-order valence-corrected chi connectivity index (χ4v) is 3.31. The Morgan fingerprint density at radius 3 is 3.06 bits per heavy atom. The Balaban J connectivity index is 2.06. The minimum Gasteiger partial charge on any atom is -0.358 e. The van der Waals surface area contributed by atoms with E-state index in [1.165, 1.54) is 54.3 Å². The van der Waals surface area contributed by atoms with Crippen molar-refractivity contribution in [3.05, 3.63) is 35.0 Å². The van der Waals surface area contributed by atoms with Crippen LogP contribution in [0.3, 0.4) is 0 Å². The van der Waals surface area contributed by atoms with Crippen LogP contribution in [0.1, 0.15) is 43.0 Å². The highest BCUT2D eigenvalue weighted by atomic mass is 14.7. The maximum Gasteiger partial charge on any atom is 0.0488 e. The summed E-state index contributed by atoms with van der Waals surface area (Å²) in [6.07, 6.45) is 6.60. The highest BCUT2D eigenvalue weighted by Crippen LogP contribution is 2.34. The molecule has 1 aliphatic rings. The molecule has 0 radical (unpaired) electrons. The minimum atomic E-state index is 0.909. The first-order valence-corrected chi connectivity index (χ1v) is 6.88. The molecule has 3 rings (SSSR count). The van der Waals surface area contributed by atoms with Gasteiger partial charge in [-0.25, -0.2) is 0 Å². The van der Waals surface area contributed by atoms with Crippen molar-refractivity contribution in [3.8, 4) is 0 Å². The van der Waals surface area contributed by atoms with Crippen LogP contribution >= 0.6 is 0 Å². The fourth-order valence-electron chi connectivity index (χ4n) is 3.31. The molecule has 0 amide bonds. The second-order valence-corrected chi connectivity index (χ2v) is 5.48. The van der Waals surface area contributed by atoms with Gasteiger partial charge in [0, 0.05) is 16.6 Å². The summed E-state index contributed by atoms with van der Waals surface area (Å²) in [4.78, 5) is 3.65.